The molecule has 0 aromatic heterocycles. The van der Waals surface area contributed by atoms with Crippen LogP contribution in [0, 0.1) is 11.2 Å². The van der Waals surface area contributed by atoms with E-state index in [0.717, 1.165) is 0 Å². The molecule has 2 rings (SSSR count). The van der Waals surface area contributed by atoms with Gasteiger partial charge in [-0.25, -0.2) is 4.39 Å². The van der Waals surface area contributed by atoms with Crippen molar-refractivity contribution in [1.29, 1.82) is 0 Å². The molecule has 1 aromatic rings. The maximum Gasteiger partial charge on any atom is 0.227 e. The van der Waals surface area contributed by atoms with E-state index in [-0.39, 0.29) is 31.4 Å². The second kappa shape index (κ2) is 8.43. The van der Waals surface area contributed by atoms with Crippen LogP contribution < -0.4 is 11.1 Å². The van der Waals surface area contributed by atoms with Gasteiger partial charge in [0, 0.05) is 26.3 Å². The van der Waals surface area contributed by atoms with Gasteiger partial charge in [-0.15, -0.1) is 12.4 Å². The number of nitrogens with one attached hydrogen (secondary N) is 1. The highest BCUT2D eigenvalue weighted by Gasteiger charge is 2.38. The largest absolute Gasteiger partial charge is 0.387 e. The highest BCUT2D eigenvalue weighted by molar-refractivity contribution is 5.85. The summed E-state index contributed by atoms with van der Waals surface area (Å²) < 4.78 is 18.4. The number of carbonyl (C=O) groups excluding carboxylic acids is 1. The van der Waals surface area contributed by atoms with Crippen LogP contribution in [-0.4, -0.2) is 37.3 Å². The number of nitrogens with two attached hydrogens (primary N) is 1. The van der Waals surface area contributed by atoms with E-state index in [1.54, 1.807) is 6.07 Å². The topological polar surface area (TPSA) is 84.6 Å². The molecule has 1 fully saturated rings. The zero-order valence-electron chi connectivity index (χ0n) is 12.3. The molecule has 0 saturated carbocycles. The van der Waals surface area contributed by atoms with Crippen molar-refractivity contribution in [2.45, 2.75) is 18.9 Å². The van der Waals surface area contributed by atoms with Crippen LogP contribution in [0.3, 0.4) is 0 Å². The van der Waals surface area contributed by atoms with Gasteiger partial charge in [0.05, 0.1) is 11.5 Å². The van der Waals surface area contributed by atoms with Crippen molar-refractivity contribution in [2.24, 2.45) is 11.1 Å². The number of hydrogen-bond acceptors (Lipinski definition) is 4. The summed E-state index contributed by atoms with van der Waals surface area (Å²) in [5.74, 6) is -0.593. The normalized spacial score (nSPS) is 18.1. The quantitative estimate of drug-likeness (QED) is 0.755. The molecule has 5 nitrogen and oxygen atoms in total. The van der Waals surface area contributed by atoms with Crippen LogP contribution in [0.15, 0.2) is 24.3 Å². The first-order chi connectivity index (χ1) is 10.1. The first-order valence-corrected chi connectivity index (χ1v) is 7.07. The van der Waals surface area contributed by atoms with Gasteiger partial charge in [0.25, 0.3) is 0 Å². The molecule has 1 aliphatic heterocycles. The Kier molecular flexibility index (Phi) is 7.22. The molecule has 1 saturated heterocycles. The first kappa shape index (κ1) is 18.8. The van der Waals surface area contributed by atoms with Crippen molar-refractivity contribution in [3.8, 4) is 0 Å². The Labute approximate surface area is 135 Å². The predicted octanol–water partition coefficient (Wildman–Crippen LogP) is 1.15. The van der Waals surface area contributed by atoms with Gasteiger partial charge in [-0.1, -0.05) is 12.1 Å². The maximum atomic E-state index is 13.1. The summed E-state index contributed by atoms with van der Waals surface area (Å²) in [5.41, 5.74) is 5.56. The van der Waals surface area contributed by atoms with Gasteiger partial charge in [0.1, 0.15) is 5.82 Å². The Balaban J connectivity index is 0.00000242. The molecule has 1 aromatic carbocycles. The number of rotatable bonds is 5. The number of aliphatic hydroxyl groups is 1. The molecule has 7 heteroatoms. The number of aliphatic hydroxyl groups excluding tert-OH is 1. The third-order valence-corrected chi connectivity index (χ3v) is 4.01. The summed E-state index contributed by atoms with van der Waals surface area (Å²) in [5, 5.41) is 12.7. The fraction of sp³-hybridized carbons (Fsp3) is 0.533. The number of carbonyl (C=O) groups is 1. The monoisotopic (exact) mass is 332 g/mol. The number of ether oxygens (including phenoxy) is 1. The Morgan fingerprint density at radius 3 is 2.73 bits per heavy atom. The lowest BCUT2D eigenvalue weighted by atomic mass is 9.79. The molecule has 0 radical (unpaired) electrons. The fourth-order valence-electron chi connectivity index (χ4n) is 2.49. The zero-order chi connectivity index (χ0) is 15.3. The Hall–Kier alpha value is -1.21. The number of benzene rings is 1. The average Bonchev–Trinajstić information content (AvgIpc) is 2.52. The van der Waals surface area contributed by atoms with Crippen LogP contribution in [0.25, 0.3) is 0 Å². The van der Waals surface area contributed by atoms with Crippen LogP contribution in [-0.2, 0) is 9.53 Å². The molecular weight excluding hydrogens is 311 g/mol. The van der Waals surface area contributed by atoms with Crippen LogP contribution in [0.2, 0.25) is 0 Å². The summed E-state index contributed by atoms with van der Waals surface area (Å²) in [6, 6.07) is 5.70. The minimum Gasteiger partial charge on any atom is -0.387 e. The van der Waals surface area contributed by atoms with Crippen LogP contribution >= 0.6 is 12.4 Å². The van der Waals surface area contributed by atoms with Crippen molar-refractivity contribution < 1.29 is 19.0 Å². The van der Waals surface area contributed by atoms with E-state index in [9.17, 15) is 14.3 Å². The molecule has 0 bridgehead atoms. The second-order valence-electron chi connectivity index (χ2n) is 5.38. The van der Waals surface area contributed by atoms with E-state index in [1.165, 1.54) is 18.2 Å². The third kappa shape index (κ3) is 4.39. The summed E-state index contributed by atoms with van der Waals surface area (Å²) >= 11 is 0. The molecule has 1 amide bonds. The standard InChI is InChI=1S/C15H21FN2O3.ClH/c16-12-3-1-2-11(8-12)13(19)9-18-14(20)15(10-17)4-6-21-7-5-15;/h1-3,8,13,19H,4-7,9-10,17H2,(H,18,20);1H. The SMILES string of the molecule is Cl.NCC1(C(=O)NCC(O)c2cccc(F)c2)CCOCC1. The van der Waals surface area contributed by atoms with Gasteiger partial charge in [0.2, 0.25) is 5.91 Å². The summed E-state index contributed by atoms with van der Waals surface area (Å²) in [7, 11) is 0. The third-order valence-electron chi connectivity index (χ3n) is 4.01. The lowest BCUT2D eigenvalue weighted by molar-refractivity contribution is -0.136. The van der Waals surface area contributed by atoms with Gasteiger partial charge >= 0.3 is 0 Å². The van der Waals surface area contributed by atoms with E-state index < -0.39 is 17.3 Å². The molecule has 0 spiro atoms. The van der Waals surface area contributed by atoms with E-state index in [4.69, 9.17) is 10.5 Å². The summed E-state index contributed by atoms with van der Waals surface area (Å²) in [6.07, 6.45) is 0.205. The lowest BCUT2D eigenvalue weighted by Crippen LogP contribution is -2.49. The summed E-state index contributed by atoms with van der Waals surface area (Å²) in [6.45, 7) is 1.30. The molecular formula is C15H22ClFN2O3. The molecule has 0 aliphatic carbocycles. The number of halogens is 2. The maximum absolute atomic E-state index is 13.1. The molecule has 22 heavy (non-hydrogen) atoms. The molecule has 1 aliphatic rings. The Morgan fingerprint density at radius 2 is 2.14 bits per heavy atom. The minimum absolute atomic E-state index is 0. The van der Waals surface area contributed by atoms with Crippen LogP contribution in [0.5, 0.6) is 0 Å². The molecule has 1 unspecified atom stereocenters. The average molecular weight is 333 g/mol. The number of hydrogen-bond donors (Lipinski definition) is 3. The predicted molar refractivity (Wildman–Crippen MR) is 83.2 cm³/mol. The van der Waals surface area contributed by atoms with E-state index >= 15 is 0 Å². The summed E-state index contributed by atoms with van der Waals surface area (Å²) in [4.78, 5) is 12.3. The minimum atomic E-state index is -0.945. The van der Waals surface area contributed by atoms with Gasteiger partial charge < -0.3 is 20.9 Å². The van der Waals surface area contributed by atoms with Crippen molar-refractivity contribution in [3.63, 3.8) is 0 Å². The van der Waals surface area contributed by atoms with Gasteiger partial charge in [-0.05, 0) is 30.5 Å². The molecule has 1 atom stereocenters. The number of amides is 1. The van der Waals surface area contributed by atoms with Crippen molar-refractivity contribution >= 4 is 18.3 Å². The van der Waals surface area contributed by atoms with Crippen molar-refractivity contribution in [3.05, 3.63) is 35.6 Å². The second-order valence-corrected chi connectivity index (χ2v) is 5.38. The highest BCUT2D eigenvalue weighted by Crippen LogP contribution is 2.29. The Morgan fingerprint density at radius 1 is 1.45 bits per heavy atom. The van der Waals surface area contributed by atoms with Gasteiger partial charge in [0.15, 0.2) is 0 Å². The molecule has 124 valence electrons. The fourth-order valence-corrected chi connectivity index (χ4v) is 2.49. The Bertz CT molecular complexity index is 495. The van der Waals surface area contributed by atoms with Gasteiger partial charge in [-0.2, -0.15) is 0 Å². The molecule has 4 N–H and O–H groups in total. The van der Waals surface area contributed by atoms with Crippen LogP contribution in [0.4, 0.5) is 4.39 Å². The van der Waals surface area contributed by atoms with Crippen molar-refractivity contribution in [1.82, 2.24) is 5.32 Å². The lowest BCUT2D eigenvalue weighted by Gasteiger charge is -2.34. The highest BCUT2D eigenvalue weighted by atomic mass is 35.5. The van der Waals surface area contributed by atoms with E-state index in [2.05, 4.69) is 5.32 Å². The van der Waals surface area contributed by atoms with Crippen LogP contribution in [0.1, 0.15) is 24.5 Å². The van der Waals surface area contributed by atoms with Crippen molar-refractivity contribution in [2.75, 3.05) is 26.3 Å². The smallest absolute Gasteiger partial charge is 0.227 e. The van der Waals surface area contributed by atoms with Gasteiger partial charge in [-0.3, -0.25) is 4.79 Å². The zero-order valence-corrected chi connectivity index (χ0v) is 13.1. The van der Waals surface area contributed by atoms with E-state index in [1.807, 2.05) is 0 Å². The molecule has 1 heterocycles. The first-order valence-electron chi connectivity index (χ1n) is 7.07. The van der Waals surface area contributed by atoms with E-state index in [0.29, 0.717) is 31.6 Å².